The van der Waals surface area contributed by atoms with Gasteiger partial charge in [0, 0.05) is 30.8 Å². The standard InChI is InChI=1S/C19H26N2O4/c1-6-10-21(18(23)14-8-9-14)11-15(22)16-12(3)17(19(24)25-7-2)20(5)13(16)4/h6,14H,1,7-11H2,2-5H3. The Morgan fingerprint density at radius 1 is 1.32 bits per heavy atom. The quantitative estimate of drug-likeness (QED) is 0.412. The number of nitrogens with zero attached hydrogens (tertiary/aromatic N) is 2. The number of ether oxygens (including phenoxy) is 1. The fourth-order valence-corrected chi connectivity index (χ4v) is 3.11. The van der Waals surface area contributed by atoms with Crippen LogP contribution in [0.2, 0.25) is 0 Å². The van der Waals surface area contributed by atoms with Gasteiger partial charge in [0.25, 0.3) is 0 Å². The Morgan fingerprint density at radius 2 is 1.96 bits per heavy atom. The number of carbonyl (C=O) groups excluding carboxylic acids is 3. The lowest BCUT2D eigenvalue weighted by Crippen LogP contribution is -2.37. The molecule has 1 aromatic rings. The zero-order chi connectivity index (χ0) is 18.7. The predicted molar refractivity (Wildman–Crippen MR) is 94.7 cm³/mol. The molecule has 1 aliphatic rings. The molecule has 0 aromatic carbocycles. The molecule has 0 bridgehead atoms. The number of hydrogen-bond donors (Lipinski definition) is 0. The van der Waals surface area contributed by atoms with Crippen molar-refractivity contribution in [1.82, 2.24) is 9.47 Å². The molecule has 0 unspecified atom stereocenters. The molecule has 6 nitrogen and oxygen atoms in total. The molecule has 0 saturated heterocycles. The van der Waals surface area contributed by atoms with Gasteiger partial charge < -0.3 is 14.2 Å². The lowest BCUT2D eigenvalue weighted by Gasteiger charge is -2.20. The van der Waals surface area contributed by atoms with E-state index < -0.39 is 5.97 Å². The summed E-state index contributed by atoms with van der Waals surface area (Å²) in [4.78, 5) is 38.9. The fraction of sp³-hybridized carbons (Fsp3) is 0.526. The van der Waals surface area contributed by atoms with Crippen LogP contribution in [0.3, 0.4) is 0 Å². The first-order chi connectivity index (χ1) is 11.8. The maximum atomic E-state index is 12.9. The Labute approximate surface area is 148 Å². The molecular weight excluding hydrogens is 320 g/mol. The van der Waals surface area contributed by atoms with Crippen LogP contribution in [0.15, 0.2) is 12.7 Å². The van der Waals surface area contributed by atoms with Crippen molar-refractivity contribution in [3.8, 4) is 0 Å². The van der Waals surface area contributed by atoms with E-state index in [2.05, 4.69) is 6.58 Å². The fourth-order valence-electron chi connectivity index (χ4n) is 3.11. The van der Waals surface area contributed by atoms with Gasteiger partial charge >= 0.3 is 5.97 Å². The van der Waals surface area contributed by atoms with Crippen LogP contribution in [0.1, 0.15) is 51.9 Å². The Hall–Kier alpha value is -2.37. The molecule has 0 aliphatic heterocycles. The van der Waals surface area contributed by atoms with Crippen molar-refractivity contribution in [2.75, 3.05) is 19.7 Å². The number of esters is 1. The van der Waals surface area contributed by atoms with Crippen LogP contribution in [-0.2, 0) is 16.6 Å². The molecule has 1 fully saturated rings. The normalized spacial score (nSPS) is 13.4. The van der Waals surface area contributed by atoms with E-state index in [-0.39, 0.29) is 30.8 Å². The highest BCUT2D eigenvalue weighted by Gasteiger charge is 2.34. The van der Waals surface area contributed by atoms with E-state index in [9.17, 15) is 14.4 Å². The van der Waals surface area contributed by atoms with Crippen molar-refractivity contribution >= 4 is 17.7 Å². The first kappa shape index (κ1) is 19.0. The minimum Gasteiger partial charge on any atom is -0.461 e. The van der Waals surface area contributed by atoms with Gasteiger partial charge in [0.1, 0.15) is 5.69 Å². The monoisotopic (exact) mass is 346 g/mol. The van der Waals surface area contributed by atoms with Crippen LogP contribution in [-0.4, -0.2) is 46.8 Å². The minimum absolute atomic E-state index is 0.00465. The van der Waals surface area contributed by atoms with Gasteiger partial charge in [-0.05, 0) is 39.2 Å². The Morgan fingerprint density at radius 3 is 2.48 bits per heavy atom. The van der Waals surface area contributed by atoms with Crippen molar-refractivity contribution in [3.63, 3.8) is 0 Å². The maximum absolute atomic E-state index is 12.9. The Kier molecular flexibility index (Phi) is 5.82. The third-order valence-electron chi connectivity index (χ3n) is 4.60. The number of Topliss-reactive ketones (excluding diaryl/α,β-unsaturated/α-hetero) is 1. The van der Waals surface area contributed by atoms with Gasteiger partial charge in [0.2, 0.25) is 5.91 Å². The van der Waals surface area contributed by atoms with E-state index in [0.717, 1.165) is 12.8 Å². The highest BCUT2D eigenvalue weighted by molar-refractivity contribution is 6.04. The zero-order valence-corrected chi connectivity index (χ0v) is 15.4. The van der Waals surface area contributed by atoms with Crippen LogP contribution in [0, 0.1) is 19.8 Å². The van der Waals surface area contributed by atoms with Gasteiger partial charge in [-0.15, -0.1) is 6.58 Å². The molecule has 2 rings (SSSR count). The summed E-state index contributed by atoms with van der Waals surface area (Å²) in [7, 11) is 1.74. The second-order valence-electron chi connectivity index (χ2n) is 6.42. The SMILES string of the molecule is C=CCN(CC(=O)c1c(C)c(C(=O)OCC)n(C)c1C)C(=O)C1CC1. The first-order valence-electron chi connectivity index (χ1n) is 8.59. The van der Waals surface area contributed by atoms with Crippen molar-refractivity contribution in [3.05, 3.63) is 35.2 Å². The highest BCUT2D eigenvalue weighted by atomic mass is 16.5. The van der Waals surface area contributed by atoms with E-state index in [4.69, 9.17) is 4.74 Å². The molecule has 1 aromatic heterocycles. The van der Waals surface area contributed by atoms with Crippen LogP contribution >= 0.6 is 0 Å². The van der Waals surface area contributed by atoms with Crippen molar-refractivity contribution in [2.24, 2.45) is 13.0 Å². The minimum atomic E-state index is -0.443. The van der Waals surface area contributed by atoms with Crippen molar-refractivity contribution < 1.29 is 19.1 Å². The largest absolute Gasteiger partial charge is 0.461 e. The van der Waals surface area contributed by atoms with E-state index in [1.165, 1.54) is 0 Å². The first-order valence-corrected chi connectivity index (χ1v) is 8.59. The van der Waals surface area contributed by atoms with Gasteiger partial charge in [-0.25, -0.2) is 4.79 Å². The van der Waals surface area contributed by atoms with E-state index in [0.29, 0.717) is 29.1 Å². The summed E-state index contributed by atoms with van der Waals surface area (Å²) in [6, 6.07) is 0. The summed E-state index contributed by atoms with van der Waals surface area (Å²) in [6.45, 7) is 9.56. The summed E-state index contributed by atoms with van der Waals surface area (Å²) in [5.74, 6) is -0.565. The smallest absolute Gasteiger partial charge is 0.355 e. The van der Waals surface area contributed by atoms with E-state index in [1.807, 2.05) is 0 Å². The summed E-state index contributed by atoms with van der Waals surface area (Å²) >= 11 is 0. The third-order valence-corrected chi connectivity index (χ3v) is 4.60. The van der Waals surface area contributed by atoms with Crippen LogP contribution < -0.4 is 0 Å². The number of amides is 1. The molecule has 0 radical (unpaired) electrons. The van der Waals surface area contributed by atoms with E-state index in [1.54, 1.807) is 43.4 Å². The summed E-state index contributed by atoms with van der Waals surface area (Å²) in [5.41, 5.74) is 2.17. The lowest BCUT2D eigenvalue weighted by atomic mass is 10.0. The third kappa shape index (κ3) is 3.83. The lowest BCUT2D eigenvalue weighted by molar-refractivity contribution is -0.131. The number of aromatic nitrogens is 1. The molecule has 1 amide bonds. The van der Waals surface area contributed by atoms with Gasteiger partial charge in [-0.1, -0.05) is 6.08 Å². The van der Waals surface area contributed by atoms with Gasteiger partial charge in [-0.3, -0.25) is 9.59 Å². The highest BCUT2D eigenvalue weighted by Crippen LogP contribution is 2.31. The molecule has 1 aliphatic carbocycles. The van der Waals surface area contributed by atoms with Crippen LogP contribution in [0.5, 0.6) is 0 Å². The van der Waals surface area contributed by atoms with Gasteiger partial charge in [0.05, 0.1) is 13.2 Å². The summed E-state index contributed by atoms with van der Waals surface area (Å²) in [6.07, 6.45) is 3.40. The molecule has 25 heavy (non-hydrogen) atoms. The molecular formula is C19H26N2O4. The topological polar surface area (TPSA) is 68.6 Å². The molecule has 1 heterocycles. The second kappa shape index (κ2) is 7.68. The van der Waals surface area contributed by atoms with Gasteiger partial charge in [0.15, 0.2) is 5.78 Å². The maximum Gasteiger partial charge on any atom is 0.355 e. The number of hydrogen-bond acceptors (Lipinski definition) is 4. The average Bonchev–Trinajstić information content (AvgIpc) is 3.35. The molecule has 0 atom stereocenters. The number of rotatable bonds is 8. The average molecular weight is 346 g/mol. The molecule has 1 saturated carbocycles. The Balaban J connectivity index is 2.29. The van der Waals surface area contributed by atoms with Crippen molar-refractivity contribution in [2.45, 2.75) is 33.6 Å². The second-order valence-corrected chi connectivity index (χ2v) is 6.42. The molecule has 0 N–H and O–H groups in total. The van der Waals surface area contributed by atoms with Crippen LogP contribution in [0.4, 0.5) is 0 Å². The van der Waals surface area contributed by atoms with Crippen molar-refractivity contribution in [1.29, 1.82) is 0 Å². The van der Waals surface area contributed by atoms with Gasteiger partial charge in [-0.2, -0.15) is 0 Å². The predicted octanol–water partition coefficient (Wildman–Crippen LogP) is 2.43. The molecule has 6 heteroatoms. The Bertz CT molecular complexity index is 713. The number of carbonyl (C=O) groups is 3. The number of ketones is 1. The zero-order valence-electron chi connectivity index (χ0n) is 15.4. The van der Waals surface area contributed by atoms with E-state index >= 15 is 0 Å². The van der Waals surface area contributed by atoms with Crippen LogP contribution in [0.25, 0.3) is 0 Å². The molecule has 136 valence electrons. The summed E-state index contributed by atoms with van der Waals surface area (Å²) < 4.78 is 6.77. The summed E-state index contributed by atoms with van der Waals surface area (Å²) in [5, 5.41) is 0. The molecule has 0 spiro atoms.